The largest absolute Gasteiger partial charge is 0.461 e. The number of morpholine rings is 1. The molecule has 1 amide bonds. The lowest BCUT2D eigenvalue weighted by molar-refractivity contribution is -0.385. The van der Waals surface area contributed by atoms with Gasteiger partial charge in [-0.05, 0) is 6.07 Å². The number of benzene rings is 1. The third kappa shape index (κ3) is 2.64. The van der Waals surface area contributed by atoms with Crippen molar-refractivity contribution in [1.82, 2.24) is 4.90 Å². The van der Waals surface area contributed by atoms with Crippen LogP contribution in [0.15, 0.2) is 24.3 Å². The number of hydrogen-bond acceptors (Lipinski definition) is 7. The van der Waals surface area contributed by atoms with E-state index in [1.165, 1.54) is 36.3 Å². The standard InChI is InChI=1S/C14H14N2O7/c1-21-11-6-15(12-10(23-11)7-22-14(12)18)13(17)8-4-2-3-5-9(8)16(19)20/h2-5,10-12H,6-7H2,1H3/t10-,11+,12-/m1/s1. The van der Waals surface area contributed by atoms with Gasteiger partial charge >= 0.3 is 5.97 Å². The van der Waals surface area contributed by atoms with Gasteiger partial charge in [-0.25, -0.2) is 4.79 Å². The first kappa shape index (κ1) is 15.4. The number of fused-ring (bicyclic) bond motifs is 1. The Morgan fingerprint density at radius 1 is 1.43 bits per heavy atom. The fraction of sp³-hybridized carbons (Fsp3) is 0.429. The van der Waals surface area contributed by atoms with Crippen LogP contribution in [0.5, 0.6) is 0 Å². The van der Waals surface area contributed by atoms with Gasteiger partial charge in [0.25, 0.3) is 11.6 Å². The van der Waals surface area contributed by atoms with E-state index < -0.39 is 35.2 Å². The van der Waals surface area contributed by atoms with Crippen LogP contribution in [0.25, 0.3) is 0 Å². The van der Waals surface area contributed by atoms with Gasteiger partial charge in [0.15, 0.2) is 12.3 Å². The smallest absolute Gasteiger partial charge is 0.331 e. The topological polar surface area (TPSA) is 108 Å². The van der Waals surface area contributed by atoms with Crippen LogP contribution >= 0.6 is 0 Å². The molecule has 2 heterocycles. The van der Waals surface area contributed by atoms with Crippen molar-refractivity contribution in [2.75, 3.05) is 20.3 Å². The second kappa shape index (κ2) is 5.94. The summed E-state index contributed by atoms with van der Waals surface area (Å²) in [4.78, 5) is 36.4. The van der Waals surface area contributed by atoms with E-state index in [2.05, 4.69) is 0 Å². The third-order valence-electron chi connectivity index (χ3n) is 3.85. The molecule has 3 atom stereocenters. The van der Waals surface area contributed by atoms with E-state index in [1.54, 1.807) is 0 Å². The van der Waals surface area contributed by atoms with Gasteiger partial charge in [0.2, 0.25) is 0 Å². The third-order valence-corrected chi connectivity index (χ3v) is 3.85. The first-order valence-corrected chi connectivity index (χ1v) is 6.92. The summed E-state index contributed by atoms with van der Waals surface area (Å²) < 4.78 is 15.6. The summed E-state index contributed by atoms with van der Waals surface area (Å²) in [5, 5.41) is 11.1. The highest BCUT2D eigenvalue weighted by Crippen LogP contribution is 2.28. The maximum Gasteiger partial charge on any atom is 0.331 e. The second-order valence-electron chi connectivity index (χ2n) is 5.15. The van der Waals surface area contributed by atoms with Crippen molar-refractivity contribution >= 4 is 17.6 Å². The van der Waals surface area contributed by atoms with Crippen molar-refractivity contribution in [3.63, 3.8) is 0 Å². The summed E-state index contributed by atoms with van der Waals surface area (Å²) >= 11 is 0. The molecule has 9 heteroatoms. The van der Waals surface area contributed by atoms with E-state index >= 15 is 0 Å². The van der Waals surface area contributed by atoms with Crippen molar-refractivity contribution in [1.29, 1.82) is 0 Å². The average molecular weight is 322 g/mol. The zero-order valence-electron chi connectivity index (χ0n) is 12.2. The SMILES string of the molecule is CO[C@@H]1CN(C(=O)c2ccccc2[N+](=O)[O-])[C@H]2C(=O)OC[C@H]2O1. The number of methoxy groups -OCH3 is 1. The van der Waals surface area contributed by atoms with E-state index in [4.69, 9.17) is 14.2 Å². The molecule has 0 N–H and O–H groups in total. The average Bonchev–Trinajstić information content (AvgIpc) is 2.94. The number of nitro groups is 1. The Balaban J connectivity index is 1.96. The molecule has 2 fully saturated rings. The first-order chi connectivity index (χ1) is 11.0. The maximum atomic E-state index is 12.8. The lowest BCUT2D eigenvalue weighted by atomic mass is 10.1. The van der Waals surface area contributed by atoms with Gasteiger partial charge in [-0.1, -0.05) is 12.1 Å². The van der Waals surface area contributed by atoms with Crippen LogP contribution < -0.4 is 0 Å². The molecule has 0 unspecified atom stereocenters. The number of para-hydroxylation sites is 1. The number of rotatable bonds is 3. The van der Waals surface area contributed by atoms with E-state index in [-0.39, 0.29) is 24.4 Å². The minimum absolute atomic E-state index is 0.0162. The Bertz CT molecular complexity index is 662. The Morgan fingerprint density at radius 3 is 2.87 bits per heavy atom. The highest BCUT2D eigenvalue weighted by Gasteiger charge is 2.50. The molecule has 0 radical (unpaired) electrons. The number of nitrogens with zero attached hydrogens (tertiary/aromatic N) is 2. The van der Waals surface area contributed by atoms with Gasteiger partial charge < -0.3 is 19.1 Å². The van der Waals surface area contributed by atoms with Crippen molar-refractivity contribution in [2.24, 2.45) is 0 Å². The number of carbonyl (C=O) groups is 2. The van der Waals surface area contributed by atoms with Crippen LogP contribution in [-0.2, 0) is 19.0 Å². The zero-order chi connectivity index (χ0) is 16.6. The van der Waals surface area contributed by atoms with Gasteiger partial charge in [-0.2, -0.15) is 0 Å². The van der Waals surface area contributed by atoms with Gasteiger partial charge in [0, 0.05) is 13.2 Å². The van der Waals surface area contributed by atoms with E-state index in [1.807, 2.05) is 0 Å². The molecular weight excluding hydrogens is 308 g/mol. The summed E-state index contributed by atoms with van der Waals surface area (Å²) in [5.41, 5.74) is -0.409. The van der Waals surface area contributed by atoms with Gasteiger partial charge in [-0.15, -0.1) is 0 Å². The first-order valence-electron chi connectivity index (χ1n) is 6.92. The highest BCUT2D eigenvalue weighted by atomic mass is 16.7. The van der Waals surface area contributed by atoms with Crippen LogP contribution in [0.2, 0.25) is 0 Å². The number of hydrogen-bond donors (Lipinski definition) is 0. The molecular formula is C14H14N2O7. The molecule has 1 aromatic rings. The lowest BCUT2D eigenvalue weighted by Gasteiger charge is -2.38. The lowest BCUT2D eigenvalue weighted by Crippen LogP contribution is -2.58. The summed E-state index contributed by atoms with van der Waals surface area (Å²) in [7, 11) is 1.41. The maximum absolute atomic E-state index is 12.8. The number of carbonyl (C=O) groups excluding carboxylic acids is 2. The van der Waals surface area contributed by atoms with Crippen LogP contribution in [0.1, 0.15) is 10.4 Å². The Labute approximate surface area is 130 Å². The number of nitro benzene ring substituents is 1. The fourth-order valence-corrected chi connectivity index (χ4v) is 2.75. The van der Waals surface area contributed by atoms with Gasteiger partial charge in [0.1, 0.15) is 18.3 Å². The summed E-state index contributed by atoms with van der Waals surface area (Å²) in [6, 6.07) is 4.67. The number of cyclic esters (lactones) is 1. The van der Waals surface area contributed by atoms with Crippen LogP contribution in [0.3, 0.4) is 0 Å². The summed E-state index contributed by atoms with van der Waals surface area (Å²) in [6.07, 6.45) is -1.37. The quantitative estimate of drug-likeness (QED) is 0.448. The van der Waals surface area contributed by atoms with Gasteiger partial charge in [0.05, 0.1) is 11.5 Å². The molecule has 0 saturated carbocycles. The number of amides is 1. The van der Waals surface area contributed by atoms with E-state index in [0.717, 1.165) is 0 Å². The Kier molecular flexibility index (Phi) is 3.97. The molecule has 0 aromatic heterocycles. The minimum atomic E-state index is -0.922. The van der Waals surface area contributed by atoms with E-state index in [0.29, 0.717) is 0 Å². The normalized spacial score (nSPS) is 26.6. The monoisotopic (exact) mass is 322 g/mol. The molecule has 1 aromatic carbocycles. The fourth-order valence-electron chi connectivity index (χ4n) is 2.75. The molecule has 122 valence electrons. The Hall–Kier alpha value is -2.52. The Morgan fingerprint density at radius 2 is 2.17 bits per heavy atom. The molecule has 0 bridgehead atoms. The van der Waals surface area contributed by atoms with Crippen LogP contribution in [0, 0.1) is 10.1 Å². The predicted molar refractivity (Wildman–Crippen MR) is 74.5 cm³/mol. The predicted octanol–water partition coefficient (Wildman–Crippen LogP) is 0.334. The summed E-state index contributed by atoms with van der Waals surface area (Å²) in [6.45, 7) is 0.00166. The van der Waals surface area contributed by atoms with E-state index in [9.17, 15) is 19.7 Å². The number of ether oxygens (including phenoxy) is 3. The molecule has 0 spiro atoms. The van der Waals surface area contributed by atoms with Crippen LogP contribution in [-0.4, -0.2) is 60.4 Å². The molecule has 3 rings (SSSR count). The van der Waals surface area contributed by atoms with Crippen molar-refractivity contribution < 1.29 is 28.7 Å². The summed E-state index contributed by atoms with van der Waals surface area (Å²) in [5.74, 6) is -1.21. The molecule has 23 heavy (non-hydrogen) atoms. The highest BCUT2D eigenvalue weighted by molar-refractivity contribution is 6.00. The van der Waals surface area contributed by atoms with Gasteiger partial charge in [-0.3, -0.25) is 14.9 Å². The van der Waals surface area contributed by atoms with Crippen molar-refractivity contribution in [3.8, 4) is 0 Å². The second-order valence-corrected chi connectivity index (χ2v) is 5.15. The molecule has 2 saturated heterocycles. The zero-order valence-corrected chi connectivity index (χ0v) is 12.2. The van der Waals surface area contributed by atoms with Crippen molar-refractivity contribution in [2.45, 2.75) is 18.4 Å². The molecule has 9 nitrogen and oxygen atoms in total. The molecule has 0 aliphatic carbocycles. The number of esters is 1. The van der Waals surface area contributed by atoms with Crippen LogP contribution in [0.4, 0.5) is 5.69 Å². The van der Waals surface area contributed by atoms with Crippen molar-refractivity contribution in [3.05, 3.63) is 39.9 Å². The molecule has 2 aliphatic heterocycles. The minimum Gasteiger partial charge on any atom is -0.461 e. The molecule has 2 aliphatic rings.